The van der Waals surface area contributed by atoms with E-state index in [1.165, 1.54) is 5.56 Å². The van der Waals surface area contributed by atoms with E-state index in [1.807, 2.05) is 16.8 Å². The van der Waals surface area contributed by atoms with Crippen LogP contribution in [0, 0.1) is 0 Å². The second-order valence-corrected chi connectivity index (χ2v) is 4.95. The van der Waals surface area contributed by atoms with Crippen molar-refractivity contribution in [3.05, 3.63) is 54.1 Å². The first-order valence-electron chi connectivity index (χ1n) is 5.57. The van der Waals surface area contributed by atoms with Gasteiger partial charge in [0, 0.05) is 18.8 Å². The molecule has 0 aliphatic heterocycles. The Labute approximate surface area is 112 Å². The fourth-order valence-corrected chi connectivity index (χ4v) is 2.14. The molecular formula is C13H14N2S2. The molecule has 0 fully saturated rings. The van der Waals surface area contributed by atoms with Gasteiger partial charge in [0.2, 0.25) is 0 Å². The fourth-order valence-electron chi connectivity index (χ4n) is 1.79. The zero-order chi connectivity index (χ0) is 12.1. The molecule has 0 unspecified atom stereocenters. The van der Waals surface area contributed by atoms with Gasteiger partial charge in [-0.3, -0.25) is 4.57 Å². The van der Waals surface area contributed by atoms with Gasteiger partial charge in [-0.05, 0) is 18.4 Å². The second-order valence-electron chi connectivity index (χ2n) is 3.84. The lowest BCUT2D eigenvalue weighted by Gasteiger charge is -2.04. The third-order valence-electron chi connectivity index (χ3n) is 2.63. The van der Waals surface area contributed by atoms with Crippen molar-refractivity contribution in [2.45, 2.75) is 19.3 Å². The van der Waals surface area contributed by atoms with E-state index >= 15 is 0 Å². The molecule has 0 saturated carbocycles. The lowest BCUT2D eigenvalue weighted by molar-refractivity contribution is 0.769. The number of imidazole rings is 1. The minimum atomic E-state index is 0.553. The summed E-state index contributed by atoms with van der Waals surface area (Å²) in [5.41, 5.74) is 1.36. The first kappa shape index (κ1) is 12.3. The fraction of sp³-hybridized carbons (Fsp3) is 0.231. The number of aryl methyl sites for hydroxylation is 2. The van der Waals surface area contributed by atoms with Gasteiger partial charge in [-0.2, -0.15) is 0 Å². The van der Waals surface area contributed by atoms with Crippen LogP contribution < -0.4 is 0 Å². The molecule has 2 nitrogen and oxygen atoms in total. The highest BCUT2D eigenvalue weighted by atomic mass is 32.1. The van der Waals surface area contributed by atoms with E-state index in [0.29, 0.717) is 4.32 Å². The molecule has 0 aliphatic carbocycles. The highest BCUT2D eigenvalue weighted by Gasteiger charge is 2.04. The number of thiol groups is 1. The van der Waals surface area contributed by atoms with Gasteiger partial charge in [0.1, 0.15) is 10.1 Å². The maximum Gasteiger partial charge on any atom is 0.142 e. The Kier molecular flexibility index (Phi) is 4.34. The number of thiocarbonyl (C=S) groups is 1. The Morgan fingerprint density at radius 2 is 2.00 bits per heavy atom. The normalized spacial score (nSPS) is 10.4. The van der Waals surface area contributed by atoms with Crippen LogP contribution in [0.4, 0.5) is 0 Å². The number of aromatic nitrogens is 2. The average molecular weight is 262 g/mol. The van der Waals surface area contributed by atoms with Gasteiger partial charge in [-0.25, -0.2) is 4.98 Å². The van der Waals surface area contributed by atoms with Crippen LogP contribution in [0.3, 0.4) is 0 Å². The van der Waals surface area contributed by atoms with Crippen LogP contribution in [0.2, 0.25) is 0 Å². The van der Waals surface area contributed by atoms with Crippen molar-refractivity contribution in [1.82, 2.24) is 9.55 Å². The average Bonchev–Trinajstić information content (AvgIpc) is 2.79. The summed E-state index contributed by atoms with van der Waals surface area (Å²) in [6.45, 7) is 0. The van der Waals surface area contributed by atoms with Crippen LogP contribution >= 0.6 is 24.8 Å². The van der Waals surface area contributed by atoms with E-state index in [-0.39, 0.29) is 0 Å². The molecule has 0 saturated heterocycles. The third kappa shape index (κ3) is 3.41. The van der Waals surface area contributed by atoms with Crippen molar-refractivity contribution in [3.8, 4) is 0 Å². The van der Waals surface area contributed by atoms with E-state index in [0.717, 1.165) is 25.1 Å². The highest BCUT2D eigenvalue weighted by Crippen LogP contribution is 2.08. The van der Waals surface area contributed by atoms with Gasteiger partial charge in [0.15, 0.2) is 0 Å². The number of nitrogens with zero attached hydrogens (tertiary/aromatic N) is 2. The molecule has 88 valence electrons. The summed E-state index contributed by atoms with van der Waals surface area (Å²) in [4.78, 5) is 4.30. The summed E-state index contributed by atoms with van der Waals surface area (Å²) in [5, 5.41) is 0. The van der Waals surface area contributed by atoms with E-state index < -0.39 is 0 Å². The highest BCUT2D eigenvalue weighted by molar-refractivity contribution is 8.11. The van der Waals surface area contributed by atoms with E-state index in [1.54, 1.807) is 6.20 Å². The van der Waals surface area contributed by atoms with Gasteiger partial charge in [0.05, 0.1) is 0 Å². The molecule has 4 heteroatoms. The molecule has 17 heavy (non-hydrogen) atoms. The molecule has 1 aromatic heterocycles. The van der Waals surface area contributed by atoms with Crippen molar-refractivity contribution < 1.29 is 0 Å². The smallest absolute Gasteiger partial charge is 0.142 e. The van der Waals surface area contributed by atoms with Crippen LogP contribution in [-0.4, -0.2) is 13.9 Å². The van der Waals surface area contributed by atoms with Gasteiger partial charge in [-0.1, -0.05) is 42.5 Å². The predicted octanol–water partition coefficient (Wildman–Crippen LogP) is 3.12. The summed E-state index contributed by atoms with van der Waals surface area (Å²) < 4.78 is 2.40. The van der Waals surface area contributed by atoms with Gasteiger partial charge < -0.3 is 0 Å². The Morgan fingerprint density at radius 3 is 2.71 bits per heavy atom. The molecule has 2 aromatic rings. The lowest BCUT2D eigenvalue weighted by Crippen LogP contribution is -2.06. The number of rotatable bonds is 4. The van der Waals surface area contributed by atoms with Crippen molar-refractivity contribution in [2.24, 2.45) is 0 Å². The number of hydrogen-bond acceptors (Lipinski definition) is 2. The van der Waals surface area contributed by atoms with Crippen LogP contribution in [0.15, 0.2) is 42.7 Å². The van der Waals surface area contributed by atoms with Crippen LogP contribution in [-0.2, 0) is 12.8 Å². The quantitative estimate of drug-likeness (QED) is 0.674. The third-order valence-corrected chi connectivity index (χ3v) is 3.04. The maximum absolute atomic E-state index is 5.03. The van der Waals surface area contributed by atoms with Gasteiger partial charge in [0.25, 0.3) is 0 Å². The number of benzene rings is 1. The van der Waals surface area contributed by atoms with Crippen molar-refractivity contribution in [1.29, 1.82) is 0 Å². The minimum Gasteiger partial charge on any atom is -0.289 e. The zero-order valence-corrected chi connectivity index (χ0v) is 11.1. The summed E-state index contributed by atoms with van der Waals surface area (Å²) >= 11 is 9.20. The van der Waals surface area contributed by atoms with Crippen molar-refractivity contribution in [2.75, 3.05) is 0 Å². The van der Waals surface area contributed by atoms with E-state index in [2.05, 4.69) is 41.9 Å². The Balaban J connectivity index is 1.90. The standard InChI is InChI=1S/C13H14N2S2/c16-13(17)15-10-9-14-12(15)8-4-7-11-5-2-1-3-6-11/h1-3,5-6,9-10H,4,7-8H2,(H,16,17). The second kappa shape index (κ2) is 5.98. The molecule has 1 heterocycles. The molecule has 0 bridgehead atoms. The number of hydrogen-bond donors (Lipinski definition) is 1. The molecule has 0 amide bonds. The van der Waals surface area contributed by atoms with E-state index in [4.69, 9.17) is 12.2 Å². The topological polar surface area (TPSA) is 17.8 Å². The summed E-state index contributed by atoms with van der Waals surface area (Å²) in [6, 6.07) is 10.5. The molecular weight excluding hydrogens is 248 g/mol. The predicted molar refractivity (Wildman–Crippen MR) is 77.7 cm³/mol. The first-order valence-corrected chi connectivity index (χ1v) is 6.42. The molecule has 2 rings (SSSR count). The largest absolute Gasteiger partial charge is 0.289 e. The Bertz CT molecular complexity index is 491. The minimum absolute atomic E-state index is 0.553. The summed E-state index contributed by atoms with van der Waals surface area (Å²) in [6.07, 6.45) is 6.67. The Morgan fingerprint density at radius 1 is 1.24 bits per heavy atom. The van der Waals surface area contributed by atoms with Crippen molar-refractivity contribution in [3.63, 3.8) is 0 Å². The molecule has 0 atom stereocenters. The first-order chi connectivity index (χ1) is 8.27. The molecule has 0 aliphatic rings. The summed E-state index contributed by atoms with van der Waals surface area (Å²) in [5.74, 6) is 0.987. The van der Waals surface area contributed by atoms with Gasteiger partial charge >= 0.3 is 0 Å². The van der Waals surface area contributed by atoms with Crippen molar-refractivity contribution >= 4 is 29.2 Å². The van der Waals surface area contributed by atoms with Crippen LogP contribution in [0.1, 0.15) is 17.8 Å². The van der Waals surface area contributed by atoms with Crippen LogP contribution in [0.5, 0.6) is 0 Å². The molecule has 0 N–H and O–H groups in total. The van der Waals surface area contributed by atoms with E-state index in [9.17, 15) is 0 Å². The van der Waals surface area contributed by atoms with Gasteiger partial charge in [-0.15, -0.1) is 12.6 Å². The zero-order valence-electron chi connectivity index (χ0n) is 9.41. The molecule has 0 radical (unpaired) electrons. The molecule has 1 aromatic carbocycles. The SMILES string of the molecule is S=C(S)n1ccnc1CCCc1ccccc1. The monoisotopic (exact) mass is 262 g/mol. The molecule has 0 spiro atoms. The maximum atomic E-state index is 5.03. The van der Waals surface area contributed by atoms with Crippen LogP contribution in [0.25, 0.3) is 0 Å². The summed E-state index contributed by atoms with van der Waals surface area (Å²) in [7, 11) is 0. The Hall–Kier alpha value is -1.13. The lowest BCUT2D eigenvalue weighted by atomic mass is 10.1.